The molecule has 1 atom stereocenters. The normalized spacial score (nSPS) is 14.7. The largest absolute Gasteiger partial charge is 0.320 e. The summed E-state index contributed by atoms with van der Waals surface area (Å²) in [5.74, 6) is -0.528. The van der Waals surface area contributed by atoms with E-state index in [4.69, 9.17) is 5.73 Å². The summed E-state index contributed by atoms with van der Waals surface area (Å²) in [7, 11) is -3.14. The summed E-state index contributed by atoms with van der Waals surface area (Å²) in [5, 5.41) is 5.05. The summed E-state index contributed by atoms with van der Waals surface area (Å²) in [6.07, 6.45) is 5.93. The average Bonchev–Trinajstić information content (AvgIpc) is 3.07. The Hall–Kier alpha value is -1.48. The molecule has 27 heavy (non-hydrogen) atoms. The summed E-state index contributed by atoms with van der Waals surface area (Å²) >= 11 is 1.33. The van der Waals surface area contributed by atoms with Crippen LogP contribution >= 0.6 is 23.7 Å². The second kappa shape index (κ2) is 9.14. The minimum Gasteiger partial charge on any atom is -0.320 e. The molecule has 0 spiro atoms. The molecule has 2 aromatic rings. The molecule has 1 aromatic carbocycles. The number of fused-ring (bicyclic) bond motifs is 1. The molecule has 1 heterocycles. The van der Waals surface area contributed by atoms with Crippen LogP contribution in [0.3, 0.4) is 0 Å². The van der Waals surface area contributed by atoms with Crippen LogP contribution in [0, 0.1) is 0 Å². The maximum absolute atomic E-state index is 12.1. The van der Waals surface area contributed by atoms with Gasteiger partial charge in [-0.2, -0.15) is 0 Å². The number of aryl methyl sites for hydroxylation is 2. The number of anilines is 1. The molecule has 0 saturated carbocycles. The first-order chi connectivity index (χ1) is 12.3. The summed E-state index contributed by atoms with van der Waals surface area (Å²) < 4.78 is 22.4. The van der Waals surface area contributed by atoms with Gasteiger partial charge in [-0.05, 0) is 49.3 Å². The molecule has 1 aromatic heterocycles. The van der Waals surface area contributed by atoms with E-state index in [0.29, 0.717) is 5.13 Å². The van der Waals surface area contributed by atoms with Crippen molar-refractivity contribution in [1.29, 1.82) is 0 Å². The number of carbonyl (C=O) groups is 1. The number of hydrogen-bond donors (Lipinski definition) is 2. The quantitative estimate of drug-likeness (QED) is 0.735. The highest BCUT2D eigenvalue weighted by Crippen LogP contribution is 2.29. The van der Waals surface area contributed by atoms with Gasteiger partial charge < -0.3 is 11.1 Å². The number of benzene rings is 1. The Labute approximate surface area is 169 Å². The van der Waals surface area contributed by atoms with E-state index in [-0.39, 0.29) is 24.6 Å². The first-order valence-corrected chi connectivity index (χ1v) is 11.6. The summed E-state index contributed by atoms with van der Waals surface area (Å²) in [6.45, 7) is 0. The maximum Gasteiger partial charge on any atom is 0.243 e. The number of hydrogen-bond acceptors (Lipinski definition) is 6. The minimum absolute atomic E-state index is 0. The van der Waals surface area contributed by atoms with Crippen molar-refractivity contribution in [2.24, 2.45) is 5.73 Å². The Morgan fingerprint density at radius 2 is 2.00 bits per heavy atom. The molecule has 1 aliphatic carbocycles. The van der Waals surface area contributed by atoms with Crippen LogP contribution in [-0.2, 0) is 27.5 Å². The van der Waals surface area contributed by atoms with Crippen LogP contribution in [0.4, 0.5) is 5.13 Å². The maximum atomic E-state index is 12.1. The van der Waals surface area contributed by atoms with Crippen LogP contribution in [0.15, 0.2) is 23.6 Å². The van der Waals surface area contributed by atoms with Gasteiger partial charge in [0.05, 0.1) is 17.5 Å². The van der Waals surface area contributed by atoms with Crippen molar-refractivity contribution in [3.05, 3.63) is 34.7 Å². The second-order valence-electron chi connectivity index (χ2n) is 6.74. The van der Waals surface area contributed by atoms with E-state index in [1.807, 2.05) is 5.38 Å². The smallest absolute Gasteiger partial charge is 0.243 e. The minimum atomic E-state index is -3.14. The zero-order chi connectivity index (χ0) is 18.7. The van der Waals surface area contributed by atoms with Gasteiger partial charge in [-0.1, -0.05) is 12.1 Å². The molecule has 0 saturated heterocycles. The predicted octanol–water partition coefficient (Wildman–Crippen LogP) is 2.81. The van der Waals surface area contributed by atoms with Crippen molar-refractivity contribution in [1.82, 2.24) is 4.98 Å². The van der Waals surface area contributed by atoms with Crippen LogP contribution in [0.2, 0.25) is 0 Å². The monoisotopic (exact) mass is 429 g/mol. The molecule has 9 heteroatoms. The van der Waals surface area contributed by atoms with Gasteiger partial charge >= 0.3 is 0 Å². The highest BCUT2D eigenvalue weighted by Gasteiger charge is 2.18. The molecule has 0 bridgehead atoms. The number of sulfone groups is 1. The van der Waals surface area contributed by atoms with Gasteiger partial charge in [0.15, 0.2) is 5.13 Å². The van der Waals surface area contributed by atoms with Gasteiger partial charge in [-0.15, -0.1) is 23.7 Å². The second-order valence-corrected chi connectivity index (χ2v) is 9.86. The van der Waals surface area contributed by atoms with E-state index in [9.17, 15) is 13.2 Å². The number of nitrogens with zero attached hydrogens (tertiary/aromatic N) is 1. The summed E-state index contributed by atoms with van der Waals surface area (Å²) in [5.41, 5.74) is 10.4. The molecule has 1 unspecified atom stereocenters. The zero-order valence-corrected chi connectivity index (χ0v) is 17.6. The van der Waals surface area contributed by atoms with Crippen LogP contribution in [0.25, 0.3) is 11.3 Å². The van der Waals surface area contributed by atoms with E-state index in [1.165, 1.54) is 35.3 Å². The fourth-order valence-electron chi connectivity index (χ4n) is 3.03. The number of nitrogens with one attached hydrogen (secondary N) is 1. The SMILES string of the molecule is CS(=O)(=O)CCC(N)C(=O)Nc1nc(-c2ccc3c(c2)CCCC3)cs1.Cl. The molecule has 1 amide bonds. The van der Waals surface area contributed by atoms with Crippen LogP contribution in [-0.4, -0.2) is 37.4 Å². The van der Waals surface area contributed by atoms with Crippen LogP contribution in [0.1, 0.15) is 30.4 Å². The third-order valence-electron chi connectivity index (χ3n) is 4.51. The van der Waals surface area contributed by atoms with E-state index in [0.717, 1.165) is 30.4 Å². The van der Waals surface area contributed by atoms with Crippen molar-refractivity contribution in [2.75, 3.05) is 17.3 Å². The number of nitrogens with two attached hydrogens (primary N) is 1. The van der Waals surface area contributed by atoms with Crippen molar-refractivity contribution in [3.63, 3.8) is 0 Å². The lowest BCUT2D eigenvalue weighted by Crippen LogP contribution is -2.37. The molecular weight excluding hydrogens is 406 g/mol. The summed E-state index contributed by atoms with van der Waals surface area (Å²) in [6, 6.07) is 5.55. The number of halogens is 1. The molecular formula is C18H24ClN3O3S2. The lowest BCUT2D eigenvalue weighted by molar-refractivity contribution is -0.117. The Morgan fingerprint density at radius 3 is 2.70 bits per heavy atom. The van der Waals surface area contributed by atoms with Gasteiger partial charge in [0.1, 0.15) is 9.84 Å². The summed E-state index contributed by atoms with van der Waals surface area (Å²) in [4.78, 5) is 16.6. The van der Waals surface area contributed by atoms with Gasteiger partial charge in [-0.25, -0.2) is 13.4 Å². The van der Waals surface area contributed by atoms with Gasteiger partial charge in [0.25, 0.3) is 0 Å². The Morgan fingerprint density at radius 1 is 1.30 bits per heavy atom. The number of thiazole rings is 1. The number of aromatic nitrogens is 1. The van der Waals surface area contributed by atoms with Gasteiger partial charge in [-0.3, -0.25) is 4.79 Å². The third kappa shape index (κ3) is 6.00. The van der Waals surface area contributed by atoms with Crippen molar-refractivity contribution < 1.29 is 13.2 Å². The van der Waals surface area contributed by atoms with Crippen molar-refractivity contribution in [3.8, 4) is 11.3 Å². The molecule has 3 rings (SSSR count). The van der Waals surface area contributed by atoms with Crippen molar-refractivity contribution >= 4 is 44.6 Å². The molecule has 3 N–H and O–H groups in total. The van der Waals surface area contributed by atoms with Crippen LogP contribution in [0.5, 0.6) is 0 Å². The molecule has 0 radical (unpaired) electrons. The zero-order valence-electron chi connectivity index (χ0n) is 15.1. The Bertz CT molecular complexity index is 912. The highest BCUT2D eigenvalue weighted by atomic mass is 35.5. The molecule has 0 fully saturated rings. The number of amides is 1. The fourth-order valence-corrected chi connectivity index (χ4v) is 4.43. The van der Waals surface area contributed by atoms with Gasteiger partial charge in [0, 0.05) is 17.2 Å². The molecule has 6 nitrogen and oxygen atoms in total. The predicted molar refractivity (Wildman–Crippen MR) is 112 cm³/mol. The average molecular weight is 430 g/mol. The van der Waals surface area contributed by atoms with Gasteiger partial charge in [0.2, 0.25) is 5.91 Å². The number of rotatable bonds is 6. The van der Waals surface area contributed by atoms with E-state index in [1.54, 1.807) is 0 Å². The van der Waals surface area contributed by atoms with E-state index < -0.39 is 21.8 Å². The lowest BCUT2D eigenvalue weighted by Gasteiger charge is -2.16. The van der Waals surface area contributed by atoms with E-state index >= 15 is 0 Å². The van der Waals surface area contributed by atoms with E-state index in [2.05, 4.69) is 28.5 Å². The standard InChI is InChI=1S/C18H23N3O3S2.ClH/c1-26(23,24)9-8-15(19)17(22)21-18-20-16(11-25-18)14-7-6-12-4-2-3-5-13(12)10-14;/h6-7,10-11,15H,2-5,8-9,19H2,1H3,(H,20,21,22);1H. The Balaban J connectivity index is 0.00000261. The molecule has 0 aliphatic heterocycles. The molecule has 148 valence electrons. The van der Waals surface area contributed by atoms with Crippen molar-refractivity contribution in [2.45, 2.75) is 38.1 Å². The fraction of sp³-hybridized carbons (Fsp3) is 0.444. The first kappa shape index (κ1) is 21.8. The van der Waals surface area contributed by atoms with Crippen LogP contribution < -0.4 is 11.1 Å². The Kier molecular flexibility index (Phi) is 7.39. The topological polar surface area (TPSA) is 102 Å². The molecule has 1 aliphatic rings. The lowest BCUT2D eigenvalue weighted by atomic mass is 9.90. The highest BCUT2D eigenvalue weighted by molar-refractivity contribution is 7.90. The number of carbonyl (C=O) groups excluding carboxylic acids is 1. The first-order valence-electron chi connectivity index (χ1n) is 8.64. The third-order valence-corrected chi connectivity index (χ3v) is 6.25.